The topological polar surface area (TPSA) is 143 Å². The Morgan fingerprint density at radius 1 is 1.20 bits per heavy atom. The van der Waals surface area contributed by atoms with Crippen molar-refractivity contribution < 1.29 is 25.2 Å². The molecule has 0 bridgehead atoms. The number of aliphatic hydroxyl groups is 4. The molecule has 6 N–H and O–H groups in total. The van der Waals surface area contributed by atoms with E-state index in [2.05, 4.69) is 16.9 Å². The number of H-pyrrole nitrogens is 1. The summed E-state index contributed by atoms with van der Waals surface area (Å²) in [6.07, 6.45) is -3.10. The van der Waals surface area contributed by atoms with Crippen molar-refractivity contribution in [2.45, 2.75) is 24.4 Å². The van der Waals surface area contributed by atoms with E-state index in [1.807, 2.05) is 0 Å². The minimum atomic E-state index is -1.71. The maximum Gasteiger partial charge on any atom is 0.255 e. The molecule has 1 heterocycles. The van der Waals surface area contributed by atoms with Crippen LogP contribution in [0.25, 0.3) is 17.0 Å². The first-order valence-corrected chi connectivity index (χ1v) is 7.57. The van der Waals surface area contributed by atoms with Gasteiger partial charge in [-0.1, -0.05) is 18.7 Å². The van der Waals surface area contributed by atoms with Gasteiger partial charge >= 0.3 is 0 Å². The van der Waals surface area contributed by atoms with E-state index in [1.54, 1.807) is 24.3 Å². The molecule has 2 rings (SSSR count). The second kappa shape index (κ2) is 8.04. The molecule has 1 aromatic carbocycles. The number of hydrogen-bond acceptors (Lipinski definition) is 7. The Balaban J connectivity index is 2.27. The number of pyridine rings is 1. The molecular formula is C17H20N2O6. The fraction of sp³-hybridized carbons (Fsp3) is 0.294. The molecule has 0 aliphatic rings. The van der Waals surface area contributed by atoms with Gasteiger partial charge in [-0.3, -0.25) is 4.79 Å². The first-order valence-electron chi connectivity index (χ1n) is 7.57. The van der Waals surface area contributed by atoms with Crippen LogP contribution < -0.4 is 10.9 Å². The summed E-state index contributed by atoms with van der Waals surface area (Å²) in [5.41, 5.74) is 1.04. The lowest BCUT2D eigenvalue weighted by molar-refractivity contribution is -0.117. The van der Waals surface area contributed by atoms with Gasteiger partial charge in [-0.2, -0.15) is 0 Å². The molecular weight excluding hydrogens is 328 g/mol. The predicted octanol–water partition coefficient (Wildman–Crippen LogP) is -0.775. The van der Waals surface area contributed by atoms with Gasteiger partial charge in [-0.05, 0) is 23.6 Å². The first-order chi connectivity index (χ1) is 11.9. The maximum atomic E-state index is 11.8. The molecule has 0 amide bonds. The van der Waals surface area contributed by atoms with Crippen molar-refractivity contribution in [2.75, 3.05) is 11.9 Å². The quantitative estimate of drug-likeness (QED) is 0.344. The smallest absolute Gasteiger partial charge is 0.255 e. The Hall–Kier alpha value is -2.52. The van der Waals surface area contributed by atoms with Crippen LogP contribution in [-0.2, 0) is 4.79 Å². The number of nitrogens with one attached hydrogen (secondary N) is 2. The van der Waals surface area contributed by atoms with Crippen LogP contribution in [0.3, 0.4) is 0 Å². The lowest BCUT2D eigenvalue weighted by atomic mass is 10.0. The van der Waals surface area contributed by atoms with Gasteiger partial charge in [0.05, 0.1) is 12.1 Å². The Morgan fingerprint density at radius 3 is 2.52 bits per heavy atom. The van der Waals surface area contributed by atoms with Crippen LogP contribution in [0.2, 0.25) is 0 Å². The van der Waals surface area contributed by atoms with Crippen molar-refractivity contribution in [1.29, 1.82) is 0 Å². The van der Waals surface area contributed by atoms with Crippen LogP contribution in [-0.4, -0.2) is 62.7 Å². The van der Waals surface area contributed by atoms with Crippen molar-refractivity contribution in [3.05, 3.63) is 46.8 Å². The van der Waals surface area contributed by atoms with Crippen molar-refractivity contribution >= 4 is 29.0 Å². The number of aldehydes is 1. The number of aliphatic hydroxyl groups excluding tert-OH is 4. The highest BCUT2D eigenvalue weighted by atomic mass is 16.4. The summed E-state index contributed by atoms with van der Waals surface area (Å²) in [6, 6.07) is 5.34. The second-order valence-electron chi connectivity index (χ2n) is 5.60. The van der Waals surface area contributed by atoms with Gasteiger partial charge < -0.3 is 35.5 Å². The Labute approximate surface area is 143 Å². The Kier molecular flexibility index (Phi) is 6.05. The van der Waals surface area contributed by atoms with Gasteiger partial charge in [-0.25, -0.2) is 0 Å². The molecule has 0 radical (unpaired) electrons. The van der Waals surface area contributed by atoms with E-state index in [0.29, 0.717) is 23.1 Å². The molecule has 8 nitrogen and oxygen atoms in total. The predicted molar refractivity (Wildman–Crippen MR) is 93.2 cm³/mol. The van der Waals surface area contributed by atoms with Crippen LogP contribution in [0.4, 0.5) is 5.69 Å². The number of carbonyl (C=O) groups is 1. The van der Waals surface area contributed by atoms with E-state index in [9.17, 15) is 24.9 Å². The zero-order valence-corrected chi connectivity index (χ0v) is 13.3. The van der Waals surface area contributed by atoms with Crippen LogP contribution in [0.5, 0.6) is 0 Å². The Bertz CT molecular complexity index is 818. The molecule has 0 fully saturated rings. The summed E-state index contributed by atoms with van der Waals surface area (Å²) in [5, 5.41) is 41.4. The van der Waals surface area contributed by atoms with Gasteiger partial charge in [0.15, 0.2) is 0 Å². The molecule has 4 atom stereocenters. The van der Waals surface area contributed by atoms with Crippen molar-refractivity contribution in [3.8, 4) is 0 Å². The lowest BCUT2D eigenvalue weighted by Gasteiger charge is -2.26. The van der Waals surface area contributed by atoms with Crippen LogP contribution >= 0.6 is 0 Å². The van der Waals surface area contributed by atoms with Gasteiger partial charge in [0, 0.05) is 11.3 Å². The molecule has 0 saturated carbocycles. The summed E-state index contributed by atoms with van der Waals surface area (Å²) < 4.78 is 0. The third-order valence-electron chi connectivity index (χ3n) is 3.87. The summed E-state index contributed by atoms with van der Waals surface area (Å²) in [4.78, 5) is 25.7. The number of hydrogen-bond donors (Lipinski definition) is 6. The number of rotatable bonds is 8. The molecule has 0 aliphatic carbocycles. The molecule has 134 valence electrons. The van der Waals surface area contributed by atoms with Crippen molar-refractivity contribution in [1.82, 2.24) is 4.98 Å². The number of carbonyl (C=O) groups excluding carboxylic acids is 1. The van der Waals surface area contributed by atoms with E-state index in [1.165, 1.54) is 6.08 Å². The average molecular weight is 348 g/mol. The van der Waals surface area contributed by atoms with Crippen molar-refractivity contribution in [3.63, 3.8) is 0 Å². The Morgan fingerprint density at radius 2 is 1.92 bits per heavy atom. The molecule has 0 aliphatic heterocycles. The largest absolute Gasteiger partial charge is 0.394 e. The summed E-state index contributed by atoms with van der Waals surface area (Å²) >= 11 is 0. The number of aromatic nitrogens is 1. The van der Waals surface area contributed by atoms with Gasteiger partial charge in [0.2, 0.25) is 0 Å². The van der Waals surface area contributed by atoms with Crippen LogP contribution in [0.1, 0.15) is 5.56 Å². The number of anilines is 1. The summed E-state index contributed by atoms with van der Waals surface area (Å²) in [5.74, 6) is 0. The number of fused-ring (bicyclic) bond motifs is 1. The first kappa shape index (κ1) is 18.8. The zero-order chi connectivity index (χ0) is 18.6. The minimum absolute atomic E-state index is 0.312. The summed E-state index contributed by atoms with van der Waals surface area (Å²) in [6.45, 7) is 2.81. The molecule has 1 aromatic heterocycles. The van der Waals surface area contributed by atoms with E-state index >= 15 is 0 Å². The maximum absolute atomic E-state index is 11.8. The fourth-order valence-electron chi connectivity index (χ4n) is 2.40. The summed E-state index contributed by atoms with van der Waals surface area (Å²) in [7, 11) is 0. The SMILES string of the molecule is C=Cc1cc2ccc(N[C@@H](C=O)[C@@H](O)[C@H](O)[C@H](O)CO)cc2[nH]c1=O. The van der Waals surface area contributed by atoms with Crippen LogP contribution in [0, 0.1) is 0 Å². The molecule has 0 spiro atoms. The molecule has 25 heavy (non-hydrogen) atoms. The lowest BCUT2D eigenvalue weighted by Crippen LogP contribution is -2.49. The highest BCUT2D eigenvalue weighted by Crippen LogP contribution is 2.19. The fourth-order valence-corrected chi connectivity index (χ4v) is 2.40. The van der Waals surface area contributed by atoms with Crippen LogP contribution in [0.15, 0.2) is 35.6 Å². The van der Waals surface area contributed by atoms with Gasteiger partial charge in [0.25, 0.3) is 5.56 Å². The molecule has 0 saturated heterocycles. The van der Waals surface area contributed by atoms with Crippen molar-refractivity contribution in [2.24, 2.45) is 0 Å². The zero-order valence-electron chi connectivity index (χ0n) is 13.3. The third kappa shape index (κ3) is 4.12. The molecule has 0 unspecified atom stereocenters. The van der Waals surface area contributed by atoms with E-state index in [-0.39, 0.29) is 5.56 Å². The van der Waals surface area contributed by atoms with E-state index in [0.717, 1.165) is 5.39 Å². The molecule has 8 heteroatoms. The standard InChI is InChI=1S/C17H20N2O6/c1-2-9-5-10-3-4-11(6-12(10)19-17(9)25)18-13(7-20)15(23)16(24)14(22)8-21/h2-7,13-16,18,21-24H,1,8H2,(H,19,25)/t13-,14+,15+,16+/m0/s1. The highest BCUT2D eigenvalue weighted by Gasteiger charge is 2.31. The average Bonchev–Trinajstić information content (AvgIpc) is 2.63. The second-order valence-corrected chi connectivity index (χ2v) is 5.60. The van der Waals surface area contributed by atoms with E-state index < -0.39 is 31.0 Å². The number of benzene rings is 1. The molecule has 2 aromatic rings. The monoisotopic (exact) mass is 348 g/mol. The van der Waals surface area contributed by atoms with Gasteiger partial charge in [0.1, 0.15) is 30.6 Å². The minimum Gasteiger partial charge on any atom is -0.394 e. The normalized spacial score (nSPS) is 16.0. The third-order valence-corrected chi connectivity index (χ3v) is 3.87. The van der Waals surface area contributed by atoms with Gasteiger partial charge in [-0.15, -0.1) is 0 Å². The van der Waals surface area contributed by atoms with E-state index in [4.69, 9.17) is 5.11 Å². The highest BCUT2D eigenvalue weighted by molar-refractivity contribution is 5.84. The number of aromatic amines is 1.